The van der Waals surface area contributed by atoms with Crippen LogP contribution < -0.4 is 0 Å². The van der Waals surface area contributed by atoms with Crippen molar-refractivity contribution in [2.75, 3.05) is 26.2 Å². The van der Waals surface area contributed by atoms with Crippen molar-refractivity contribution in [3.05, 3.63) is 102 Å². The van der Waals surface area contributed by atoms with Crippen molar-refractivity contribution in [1.29, 1.82) is 0 Å². The van der Waals surface area contributed by atoms with E-state index in [4.69, 9.17) is 0 Å². The molecule has 4 heteroatoms. The Balaban J connectivity index is 1.92. The van der Waals surface area contributed by atoms with Gasteiger partial charge in [-0.05, 0) is 35.8 Å². The molecule has 4 nitrogen and oxygen atoms in total. The highest BCUT2D eigenvalue weighted by Gasteiger charge is 2.27. The molecule has 0 fully saturated rings. The van der Waals surface area contributed by atoms with Crippen molar-refractivity contribution in [2.24, 2.45) is 0 Å². The molecule has 0 atom stereocenters. The largest absolute Gasteiger partial charge is 0.336 e. The molecule has 0 unspecified atom stereocenters. The van der Waals surface area contributed by atoms with Crippen molar-refractivity contribution in [1.82, 2.24) is 14.8 Å². The van der Waals surface area contributed by atoms with Crippen LogP contribution in [0.5, 0.6) is 0 Å². The van der Waals surface area contributed by atoms with Gasteiger partial charge in [0.05, 0.1) is 5.92 Å². The van der Waals surface area contributed by atoms with Crippen molar-refractivity contribution in [2.45, 2.75) is 26.3 Å². The van der Waals surface area contributed by atoms with Crippen LogP contribution in [0.1, 0.15) is 36.5 Å². The standard InChI is InChI=1S/C26H31N3O/c1-3-28(4-2)18-19-29(21-22-12-11-17-27-20-22)26(30)25(23-13-7-5-8-14-23)24-15-9-6-10-16-24/h5-17,20,25H,3-4,18-19,21H2,1-2H3. The molecule has 3 rings (SSSR count). The van der Waals surface area contributed by atoms with E-state index in [0.29, 0.717) is 13.1 Å². The van der Waals surface area contributed by atoms with Crippen LogP contribution in [0, 0.1) is 0 Å². The fourth-order valence-electron chi connectivity index (χ4n) is 3.73. The summed E-state index contributed by atoms with van der Waals surface area (Å²) in [4.78, 5) is 22.5. The minimum absolute atomic E-state index is 0.128. The van der Waals surface area contributed by atoms with Gasteiger partial charge < -0.3 is 9.80 Å². The van der Waals surface area contributed by atoms with Gasteiger partial charge in [-0.3, -0.25) is 9.78 Å². The van der Waals surface area contributed by atoms with E-state index in [2.05, 4.69) is 23.7 Å². The van der Waals surface area contributed by atoms with Crippen LogP contribution >= 0.6 is 0 Å². The van der Waals surface area contributed by atoms with Crippen LogP contribution in [-0.4, -0.2) is 46.9 Å². The van der Waals surface area contributed by atoms with E-state index < -0.39 is 0 Å². The van der Waals surface area contributed by atoms with Crippen LogP contribution in [0.4, 0.5) is 0 Å². The normalized spacial score (nSPS) is 11.1. The molecule has 0 spiro atoms. The fourth-order valence-corrected chi connectivity index (χ4v) is 3.73. The molecule has 1 amide bonds. The highest BCUT2D eigenvalue weighted by Crippen LogP contribution is 2.27. The van der Waals surface area contributed by atoms with Gasteiger partial charge in [0.25, 0.3) is 0 Å². The second-order valence-electron chi connectivity index (χ2n) is 7.40. The zero-order valence-electron chi connectivity index (χ0n) is 17.9. The summed E-state index contributed by atoms with van der Waals surface area (Å²) in [6.07, 6.45) is 3.61. The summed E-state index contributed by atoms with van der Waals surface area (Å²) >= 11 is 0. The molecular weight excluding hydrogens is 370 g/mol. The summed E-state index contributed by atoms with van der Waals surface area (Å²) in [5.74, 6) is -0.191. The number of aromatic nitrogens is 1. The lowest BCUT2D eigenvalue weighted by Gasteiger charge is -2.30. The number of benzene rings is 2. The van der Waals surface area contributed by atoms with Gasteiger partial charge in [0, 0.05) is 32.0 Å². The van der Waals surface area contributed by atoms with Gasteiger partial charge in [0.1, 0.15) is 0 Å². The average Bonchev–Trinajstić information content (AvgIpc) is 2.81. The number of carbonyl (C=O) groups excluding carboxylic acids is 1. The second-order valence-corrected chi connectivity index (χ2v) is 7.40. The topological polar surface area (TPSA) is 36.4 Å². The van der Waals surface area contributed by atoms with Crippen LogP contribution in [0.25, 0.3) is 0 Å². The lowest BCUT2D eigenvalue weighted by Crippen LogP contribution is -2.40. The number of carbonyl (C=O) groups is 1. The van der Waals surface area contributed by atoms with E-state index in [1.54, 1.807) is 6.20 Å². The molecule has 0 saturated carbocycles. The van der Waals surface area contributed by atoms with E-state index in [-0.39, 0.29) is 11.8 Å². The van der Waals surface area contributed by atoms with Crippen LogP contribution in [-0.2, 0) is 11.3 Å². The fraction of sp³-hybridized carbons (Fsp3) is 0.308. The molecule has 30 heavy (non-hydrogen) atoms. The van der Waals surface area contributed by atoms with Gasteiger partial charge in [-0.25, -0.2) is 0 Å². The molecule has 0 aliphatic heterocycles. The summed E-state index contributed by atoms with van der Waals surface area (Å²) < 4.78 is 0. The molecule has 1 aromatic heterocycles. The van der Waals surface area contributed by atoms with E-state index in [1.807, 2.05) is 83.9 Å². The maximum Gasteiger partial charge on any atom is 0.234 e. The molecule has 0 saturated heterocycles. The Morgan fingerprint density at radius 3 is 1.93 bits per heavy atom. The lowest BCUT2D eigenvalue weighted by atomic mass is 9.90. The summed E-state index contributed by atoms with van der Waals surface area (Å²) in [5, 5.41) is 0. The molecule has 0 aliphatic rings. The van der Waals surface area contributed by atoms with Gasteiger partial charge >= 0.3 is 0 Å². The van der Waals surface area contributed by atoms with Crippen LogP contribution in [0.15, 0.2) is 85.2 Å². The molecule has 3 aromatic rings. The van der Waals surface area contributed by atoms with E-state index in [1.165, 1.54) is 0 Å². The van der Waals surface area contributed by atoms with Gasteiger partial charge in [0.15, 0.2) is 0 Å². The molecule has 0 radical (unpaired) electrons. The summed E-state index contributed by atoms with van der Waals surface area (Å²) in [5.41, 5.74) is 3.09. The highest BCUT2D eigenvalue weighted by molar-refractivity contribution is 5.87. The Kier molecular flexibility index (Phi) is 8.16. The summed E-state index contributed by atoms with van der Waals surface area (Å²) in [6.45, 7) is 8.38. The molecule has 0 aliphatic carbocycles. The second kappa shape index (κ2) is 11.3. The highest BCUT2D eigenvalue weighted by atomic mass is 16.2. The van der Waals surface area contributed by atoms with Crippen molar-refractivity contribution in [3.8, 4) is 0 Å². The predicted octanol–water partition coefficient (Wildman–Crippen LogP) is 4.58. The van der Waals surface area contributed by atoms with Crippen molar-refractivity contribution >= 4 is 5.91 Å². The maximum absolute atomic E-state index is 13.9. The predicted molar refractivity (Wildman–Crippen MR) is 122 cm³/mol. The number of nitrogens with zero attached hydrogens (tertiary/aromatic N) is 3. The average molecular weight is 402 g/mol. The van der Waals surface area contributed by atoms with Gasteiger partial charge in [-0.2, -0.15) is 0 Å². The monoisotopic (exact) mass is 401 g/mol. The molecule has 1 heterocycles. The Labute approximate surface area is 180 Å². The molecule has 0 bridgehead atoms. The number of hydrogen-bond acceptors (Lipinski definition) is 3. The van der Waals surface area contributed by atoms with E-state index in [9.17, 15) is 4.79 Å². The SMILES string of the molecule is CCN(CC)CCN(Cc1cccnc1)C(=O)C(c1ccccc1)c1ccccc1. The molecule has 0 N–H and O–H groups in total. The first kappa shape index (κ1) is 21.7. The number of pyridine rings is 1. The first-order valence-corrected chi connectivity index (χ1v) is 10.7. The molecular formula is C26H31N3O. The summed E-state index contributed by atoms with van der Waals surface area (Å²) in [6, 6.07) is 24.1. The van der Waals surface area contributed by atoms with Crippen LogP contribution in [0.2, 0.25) is 0 Å². The zero-order valence-corrected chi connectivity index (χ0v) is 17.9. The number of likely N-dealkylation sites (N-methyl/N-ethyl adjacent to an activating group) is 1. The van der Waals surface area contributed by atoms with E-state index >= 15 is 0 Å². The first-order valence-electron chi connectivity index (χ1n) is 10.7. The first-order chi connectivity index (χ1) is 14.7. The zero-order chi connectivity index (χ0) is 21.2. The van der Waals surface area contributed by atoms with E-state index in [0.717, 1.165) is 36.3 Å². The third-order valence-corrected chi connectivity index (χ3v) is 5.50. The number of rotatable bonds is 10. The van der Waals surface area contributed by atoms with Gasteiger partial charge in [-0.1, -0.05) is 80.6 Å². The smallest absolute Gasteiger partial charge is 0.234 e. The minimum Gasteiger partial charge on any atom is -0.336 e. The van der Waals surface area contributed by atoms with Crippen molar-refractivity contribution in [3.63, 3.8) is 0 Å². The maximum atomic E-state index is 13.9. The summed E-state index contributed by atoms with van der Waals surface area (Å²) in [7, 11) is 0. The number of hydrogen-bond donors (Lipinski definition) is 0. The van der Waals surface area contributed by atoms with Crippen LogP contribution in [0.3, 0.4) is 0 Å². The lowest BCUT2D eigenvalue weighted by molar-refractivity contribution is -0.132. The third kappa shape index (κ3) is 5.77. The third-order valence-electron chi connectivity index (χ3n) is 5.50. The quantitative estimate of drug-likeness (QED) is 0.499. The molecule has 156 valence electrons. The Morgan fingerprint density at radius 1 is 0.833 bits per heavy atom. The van der Waals surface area contributed by atoms with Crippen molar-refractivity contribution < 1.29 is 4.79 Å². The van der Waals surface area contributed by atoms with Gasteiger partial charge in [0.2, 0.25) is 5.91 Å². The molecule has 2 aromatic carbocycles. The van der Waals surface area contributed by atoms with Gasteiger partial charge in [-0.15, -0.1) is 0 Å². The number of amides is 1. The Hall–Kier alpha value is -2.98. The minimum atomic E-state index is -0.319. The Morgan fingerprint density at radius 2 is 1.43 bits per heavy atom. The Bertz CT molecular complexity index is 840.